The molecule has 0 aliphatic rings. The maximum Gasteiger partial charge on any atom is 0.306 e. The lowest BCUT2D eigenvalue weighted by atomic mass is 10.1. The molecule has 6 heteroatoms. The number of allylic oxidation sites excluding steroid dienone is 10. The van der Waals surface area contributed by atoms with E-state index < -0.39 is 6.10 Å². The molecule has 68 heavy (non-hydrogen) atoms. The van der Waals surface area contributed by atoms with Gasteiger partial charge in [0.1, 0.15) is 13.2 Å². The molecule has 0 rings (SSSR count). The van der Waals surface area contributed by atoms with Gasteiger partial charge in [0.25, 0.3) is 0 Å². The van der Waals surface area contributed by atoms with Crippen LogP contribution in [0.5, 0.6) is 0 Å². The van der Waals surface area contributed by atoms with Crippen molar-refractivity contribution >= 4 is 17.9 Å². The minimum Gasteiger partial charge on any atom is -0.462 e. The van der Waals surface area contributed by atoms with Gasteiger partial charge in [-0.3, -0.25) is 14.4 Å². The molecule has 0 amide bonds. The zero-order valence-electron chi connectivity index (χ0n) is 45.1. The maximum atomic E-state index is 12.9. The van der Waals surface area contributed by atoms with Crippen molar-refractivity contribution in [1.29, 1.82) is 0 Å². The summed E-state index contributed by atoms with van der Waals surface area (Å²) in [5, 5.41) is 0. The fraction of sp³-hybridized carbons (Fsp3) is 0.790. The number of carbonyl (C=O) groups is 3. The highest BCUT2D eigenvalue weighted by Gasteiger charge is 2.19. The number of hydrogen-bond acceptors (Lipinski definition) is 6. The molecule has 0 aliphatic heterocycles. The normalized spacial score (nSPS) is 12.5. The molecule has 0 aliphatic carbocycles. The van der Waals surface area contributed by atoms with E-state index in [9.17, 15) is 14.4 Å². The Morgan fingerprint density at radius 2 is 0.529 bits per heavy atom. The summed E-state index contributed by atoms with van der Waals surface area (Å²) in [6.07, 6.45) is 70.6. The second-order valence-electron chi connectivity index (χ2n) is 19.5. The predicted molar refractivity (Wildman–Crippen MR) is 293 cm³/mol. The number of rotatable bonds is 53. The SMILES string of the molecule is CCCCCC/C=C\C/C=C\CCCCCCCCCC(=O)OCC(COC(=O)CCCCCCC/C=C\CCCCCCC)OC(=O)CCCCCCCCC/C=C\C/C=C\CCCCCC. The van der Waals surface area contributed by atoms with Gasteiger partial charge in [0.15, 0.2) is 6.10 Å². The quantitative estimate of drug-likeness (QED) is 0.0262. The molecule has 0 spiro atoms. The van der Waals surface area contributed by atoms with E-state index in [-0.39, 0.29) is 31.1 Å². The van der Waals surface area contributed by atoms with Crippen LogP contribution in [0.1, 0.15) is 297 Å². The third-order valence-electron chi connectivity index (χ3n) is 12.7. The van der Waals surface area contributed by atoms with Crippen LogP contribution < -0.4 is 0 Å². The highest BCUT2D eigenvalue weighted by molar-refractivity contribution is 5.71. The Morgan fingerprint density at radius 3 is 0.838 bits per heavy atom. The smallest absolute Gasteiger partial charge is 0.306 e. The summed E-state index contributed by atoms with van der Waals surface area (Å²) in [6.45, 7) is 6.60. The predicted octanol–water partition coefficient (Wildman–Crippen LogP) is 19.6. The van der Waals surface area contributed by atoms with E-state index in [2.05, 4.69) is 81.5 Å². The number of esters is 3. The Kier molecular flexibility index (Phi) is 54.3. The zero-order chi connectivity index (χ0) is 49.3. The van der Waals surface area contributed by atoms with Crippen molar-refractivity contribution in [3.8, 4) is 0 Å². The molecule has 0 N–H and O–H groups in total. The van der Waals surface area contributed by atoms with Crippen molar-refractivity contribution in [1.82, 2.24) is 0 Å². The Balaban J connectivity index is 4.40. The fourth-order valence-corrected chi connectivity index (χ4v) is 8.26. The Hall–Kier alpha value is -2.89. The standard InChI is InChI=1S/C62H110O6/c1-4-7-10-13-16-19-22-25-28-30-32-34-37-40-43-46-49-52-55-61(64)67-58-59(57-66-60(63)54-51-48-45-42-39-36-27-24-21-18-15-12-9-6-3)68-62(65)56-53-50-47-44-41-38-35-33-31-29-26-23-20-17-14-11-8-5-2/h19-20,22-24,27-31,59H,4-18,21,25-26,32-58H2,1-3H3/b22-19-,23-20-,27-24-,30-28-,31-29-. The first-order chi connectivity index (χ1) is 33.5. The van der Waals surface area contributed by atoms with Crippen LogP contribution in [0, 0.1) is 0 Å². The van der Waals surface area contributed by atoms with Gasteiger partial charge in [-0.05, 0) is 109 Å². The van der Waals surface area contributed by atoms with Gasteiger partial charge in [0.05, 0.1) is 0 Å². The lowest BCUT2D eigenvalue weighted by molar-refractivity contribution is -0.167. The molecule has 1 atom stereocenters. The van der Waals surface area contributed by atoms with Gasteiger partial charge in [-0.25, -0.2) is 0 Å². The molecule has 394 valence electrons. The van der Waals surface area contributed by atoms with Crippen LogP contribution >= 0.6 is 0 Å². The second-order valence-corrected chi connectivity index (χ2v) is 19.5. The summed E-state index contributed by atoms with van der Waals surface area (Å²) in [5.41, 5.74) is 0. The topological polar surface area (TPSA) is 78.9 Å². The molecule has 0 aromatic carbocycles. The highest BCUT2D eigenvalue weighted by atomic mass is 16.6. The van der Waals surface area contributed by atoms with Crippen LogP contribution in [0.2, 0.25) is 0 Å². The summed E-state index contributed by atoms with van der Waals surface area (Å²) < 4.78 is 16.9. The van der Waals surface area contributed by atoms with Crippen LogP contribution in [0.3, 0.4) is 0 Å². The number of ether oxygens (including phenoxy) is 3. The maximum absolute atomic E-state index is 12.9. The van der Waals surface area contributed by atoms with Gasteiger partial charge in [-0.15, -0.1) is 0 Å². The molecule has 0 saturated heterocycles. The molecular formula is C62H110O6. The van der Waals surface area contributed by atoms with E-state index in [0.29, 0.717) is 19.3 Å². The van der Waals surface area contributed by atoms with E-state index in [1.807, 2.05) is 0 Å². The molecule has 0 aromatic rings. The van der Waals surface area contributed by atoms with E-state index in [0.717, 1.165) is 89.9 Å². The summed E-state index contributed by atoms with van der Waals surface area (Å²) in [7, 11) is 0. The van der Waals surface area contributed by atoms with Gasteiger partial charge in [0.2, 0.25) is 0 Å². The summed E-state index contributed by atoms with van der Waals surface area (Å²) in [5.74, 6) is -0.896. The summed E-state index contributed by atoms with van der Waals surface area (Å²) in [6, 6.07) is 0. The van der Waals surface area contributed by atoms with E-state index >= 15 is 0 Å². The zero-order valence-corrected chi connectivity index (χ0v) is 45.1. The largest absolute Gasteiger partial charge is 0.462 e. The lowest BCUT2D eigenvalue weighted by Gasteiger charge is -2.18. The summed E-state index contributed by atoms with van der Waals surface area (Å²) >= 11 is 0. The number of carbonyl (C=O) groups excluding carboxylic acids is 3. The monoisotopic (exact) mass is 951 g/mol. The third kappa shape index (κ3) is 54.1. The van der Waals surface area contributed by atoms with Crippen LogP contribution in [-0.2, 0) is 28.6 Å². The molecule has 0 heterocycles. The molecule has 0 bridgehead atoms. The van der Waals surface area contributed by atoms with E-state index in [1.165, 1.54) is 167 Å². The van der Waals surface area contributed by atoms with Crippen LogP contribution in [-0.4, -0.2) is 37.2 Å². The fourth-order valence-electron chi connectivity index (χ4n) is 8.26. The molecule has 0 fully saturated rings. The van der Waals surface area contributed by atoms with Crippen molar-refractivity contribution < 1.29 is 28.6 Å². The lowest BCUT2D eigenvalue weighted by Crippen LogP contribution is -2.30. The van der Waals surface area contributed by atoms with E-state index in [1.54, 1.807) is 0 Å². The van der Waals surface area contributed by atoms with Crippen molar-refractivity contribution in [3.63, 3.8) is 0 Å². The molecule has 0 saturated carbocycles. The first kappa shape index (κ1) is 65.1. The average Bonchev–Trinajstić information content (AvgIpc) is 3.34. The van der Waals surface area contributed by atoms with Crippen molar-refractivity contribution in [3.05, 3.63) is 60.8 Å². The molecule has 6 nitrogen and oxygen atoms in total. The van der Waals surface area contributed by atoms with Crippen LogP contribution in [0.4, 0.5) is 0 Å². The Labute approximate surface area is 421 Å². The Bertz CT molecular complexity index is 1230. The number of unbranched alkanes of at least 4 members (excludes halogenated alkanes) is 32. The number of hydrogen-bond donors (Lipinski definition) is 0. The molecular weight excluding hydrogens is 841 g/mol. The second kappa shape index (κ2) is 56.7. The van der Waals surface area contributed by atoms with Gasteiger partial charge in [-0.1, -0.05) is 229 Å². The van der Waals surface area contributed by atoms with Gasteiger partial charge in [0, 0.05) is 19.3 Å². The van der Waals surface area contributed by atoms with Gasteiger partial charge in [-0.2, -0.15) is 0 Å². The molecule has 1 unspecified atom stereocenters. The van der Waals surface area contributed by atoms with E-state index in [4.69, 9.17) is 14.2 Å². The third-order valence-corrected chi connectivity index (χ3v) is 12.7. The Morgan fingerprint density at radius 1 is 0.294 bits per heavy atom. The minimum atomic E-state index is -0.785. The first-order valence-corrected chi connectivity index (χ1v) is 29.3. The van der Waals surface area contributed by atoms with Crippen LogP contribution in [0.25, 0.3) is 0 Å². The molecule has 0 radical (unpaired) electrons. The minimum absolute atomic E-state index is 0.0834. The summed E-state index contributed by atoms with van der Waals surface area (Å²) in [4.78, 5) is 38.2. The van der Waals surface area contributed by atoms with Gasteiger partial charge >= 0.3 is 17.9 Å². The van der Waals surface area contributed by atoms with Crippen LogP contribution in [0.15, 0.2) is 60.8 Å². The van der Waals surface area contributed by atoms with Crippen molar-refractivity contribution in [2.45, 2.75) is 303 Å². The van der Waals surface area contributed by atoms with Gasteiger partial charge < -0.3 is 14.2 Å². The average molecular weight is 952 g/mol. The van der Waals surface area contributed by atoms with Crippen molar-refractivity contribution in [2.24, 2.45) is 0 Å². The highest BCUT2D eigenvalue weighted by Crippen LogP contribution is 2.15. The first-order valence-electron chi connectivity index (χ1n) is 29.3. The molecule has 0 aromatic heterocycles. The van der Waals surface area contributed by atoms with Crippen molar-refractivity contribution in [2.75, 3.05) is 13.2 Å².